The van der Waals surface area contributed by atoms with Gasteiger partial charge in [0.15, 0.2) is 0 Å². The molecule has 0 aliphatic heterocycles. The highest BCUT2D eigenvalue weighted by molar-refractivity contribution is 5.73. The molecule has 19 heavy (non-hydrogen) atoms. The van der Waals surface area contributed by atoms with Crippen molar-refractivity contribution in [1.82, 2.24) is 0 Å². The van der Waals surface area contributed by atoms with E-state index in [1.54, 1.807) is 21.0 Å². The van der Waals surface area contributed by atoms with Crippen LogP contribution in [0.5, 0.6) is 5.75 Å². The number of hydrogen-bond acceptors (Lipinski definition) is 3. The van der Waals surface area contributed by atoms with E-state index in [0.29, 0.717) is 19.6 Å². The van der Waals surface area contributed by atoms with Gasteiger partial charge in [-0.25, -0.2) is 0 Å². The van der Waals surface area contributed by atoms with E-state index in [0.717, 1.165) is 17.7 Å². The Balaban J connectivity index is 2.22. The van der Waals surface area contributed by atoms with E-state index in [4.69, 9.17) is 14.6 Å². The molecule has 0 atom stereocenters. The van der Waals surface area contributed by atoms with Gasteiger partial charge in [-0.15, -0.1) is 0 Å². The summed E-state index contributed by atoms with van der Waals surface area (Å²) < 4.78 is 10.6. The van der Waals surface area contributed by atoms with Crippen LogP contribution in [-0.4, -0.2) is 24.8 Å². The molecule has 0 amide bonds. The summed E-state index contributed by atoms with van der Waals surface area (Å²) in [4.78, 5) is 10.9. The topological polar surface area (TPSA) is 55.8 Å². The van der Waals surface area contributed by atoms with Crippen molar-refractivity contribution >= 4 is 5.97 Å². The lowest BCUT2D eigenvalue weighted by molar-refractivity contribution is -0.147. The number of carboxylic acids is 1. The minimum absolute atomic E-state index is 0.539. The Kier molecular flexibility index (Phi) is 5.83. The third-order valence-corrected chi connectivity index (χ3v) is 3.10. The predicted molar refractivity (Wildman–Crippen MR) is 73.3 cm³/mol. The smallest absolute Gasteiger partial charge is 0.309 e. The highest BCUT2D eigenvalue weighted by Crippen LogP contribution is 2.22. The van der Waals surface area contributed by atoms with Crippen LogP contribution < -0.4 is 4.74 Å². The number of methoxy groups -OCH3 is 1. The predicted octanol–water partition coefficient (Wildman–Crippen LogP) is 3.10. The first-order chi connectivity index (χ1) is 8.95. The maximum Gasteiger partial charge on any atom is 0.309 e. The van der Waals surface area contributed by atoms with Crippen molar-refractivity contribution < 1.29 is 19.4 Å². The summed E-state index contributed by atoms with van der Waals surface area (Å²) in [6, 6.07) is 7.71. The zero-order valence-electron chi connectivity index (χ0n) is 11.8. The number of ether oxygens (including phenoxy) is 2. The molecule has 1 N–H and O–H groups in total. The van der Waals surface area contributed by atoms with Crippen molar-refractivity contribution in [2.24, 2.45) is 5.41 Å². The van der Waals surface area contributed by atoms with Crippen LogP contribution in [0.3, 0.4) is 0 Å². The van der Waals surface area contributed by atoms with Crippen LogP contribution in [0.15, 0.2) is 24.3 Å². The van der Waals surface area contributed by atoms with Crippen molar-refractivity contribution in [3.8, 4) is 5.75 Å². The molecule has 0 radical (unpaired) electrons. The maximum atomic E-state index is 10.9. The molecule has 1 aromatic rings. The van der Waals surface area contributed by atoms with Crippen LogP contribution in [0.25, 0.3) is 0 Å². The summed E-state index contributed by atoms with van der Waals surface area (Å²) in [5.41, 5.74) is 0.405. The number of hydrogen-bond donors (Lipinski definition) is 1. The SMILES string of the molecule is COc1ccc(COCCCC(C)(C)C(=O)O)cc1. The lowest BCUT2D eigenvalue weighted by atomic mass is 9.88. The molecule has 1 aromatic carbocycles. The number of rotatable bonds is 8. The quantitative estimate of drug-likeness (QED) is 0.735. The van der Waals surface area contributed by atoms with Gasteiger partial charge in [0, 0.05) is 6.61 Å². The Morgan fingerprint density at radius 2 is 1.89 bits per heavy atom. The molecule has 0 saturated carbocycles. The zero-order chi connectivity index (χ0) is 14.3. The summed E-state index contributed by atoms with van der Waals surface area (Å²) in [5, 5.41) is 8.97. The second kappa shape index (κ2) is 7.14. The van der Waals surface area contributed by atoms with E-state index in [9.17, 15) is 4.79 Å². The Morgan fingerprint density at radius 3 is 2.42 bits per heavy atom. The molecule has 0 fully saturated rings. The standard InChI is InChI=1S/C15H22O4/c1-15(2,14(16)17)9-4-10-19-11-12-5-7-13(18-3)8-6-12/h5-8H,4,9-11H2,1-3H3,(H,16,17). The van der Waals surface area contributed by atoms with Gasteiger partial charge in [-0.2, -0.15) is 0 Å². The summed E-state index contributed by atoms with van der Waals surface area (Å²) in [6.07, 6.45) is 1.36. The number of benzene rings is 1. The molecule has 0 spiro atoms. The summed E-state index contributed by atoms with van der Waals surface area (Å²) in [6.45, 7) is 4.58. The summed E-state index contributed by atoms with van der Waals surface area (Å²) >= 11 is 0. The number of carboxylic acid groups (broad SMARTS) is 1. The van der Waals surface area contributed by atoms with Crippen LogP contribution in [0.1, 0.15) is 32.3 Å². The van der Waals surface area contributed by atoms with Crippen LogP contribution in [0, 0.1) is 5.41 Å². The van der Waals surface area contributed by atoms with Crippen LogP contribution in [-0.2, 0) is 16.1 Å². The second-order valence-corrected chi connectivity index (χ2v) is 5.19. The Labute approximate surface area is 114 Å². The van der Waals surface area contributed by atoms with Gasteiger partial charge in [-0.3, -0.25) is 4.79 Å². The molecule has 0 aromatic heterocycles. The van der Waals surface area contributed by atoms with Gasteiger partial charge < -0.3 is 14.6 Å². The molecule has 0 bridgehead atoms. The van der Waals surface area contributed by atoms with Crippen molar-refractivity contribution in [2.75, 3.05) is 13.7 Å². The van der Waals surface area contributed by atoms with E-state index in [2.05, 4.69) is 0 Å². The lowest BCUT2D eigenvalue weighted by Gasteiger charge is -2.18. The molecule has 4 nitrogen and oxygen atoms in total. The van der Waals surface area contributed by atoms with Crippen molar-refractivity contribution in [2.45, 2.75) is 33.3 Å². The van der Waals surface area contributed by atoms with Crippen LogP contribution in [0.4, 0.5) is 0 Å². The van der Waals surface area contributed by atoms with Crippen molar-refractivity contribution in [1.29, 1.82) is 0 Å². The fourth-order valence-electron chi connectivity index (χ4n) is 1.63. The van der Waals surface area contributed by atoms with E-state index < -0.39 is 11.4 Å². The normalized spacial score (nSPS) is 11.3. The minimum atomic E-state index is -0.761. The number of carbonyl (C=O) groups is 1. The van der Waals surface area contributed by atoms with Crippen LogP contribution in [0.2, 0.25) is 0 Å². The molecule has 0 heterocycles. The van der Waals surface area contributed by atoms with Gasteiger partial charge in [0.1, 0.15) is 5.75 Å². The van der Waals surface area contributed by atoms with Crippen LogP contribution >= 0.6 is 0 Å². The average Bonchev–Trinajstić information content (AvgIpc) is 2.38. The first kappa shape index (κ1) is 15.5. The molecule has 1 rings (SSSR count). The molecule has 0 aliphatic rings. The van der Waals surface area contributed by atoms with Crippen molar-refractivity contribution in [3.05, 3.63) is 29.8 Å². The Morgan fingerprint density at radius 1 is 1.26 bits per heavy atom. The minimum Gasteiger partial charge on any atom is -0.497 e. The third-order valence-electron chi connectivity index (χ3n) is 3.10. The average molecular weight is 266 g/mol. The molecular formula is C15H22O4. The van der Waals surface area contributed by atoms with Gasteiger partial charge in [-0.05, 0) is 44.4 Å². The number of aliphatic carboxylic acids is 1. The Hall–Kier alpha value is -1.55. The monoisotopic (exact) mass is 266 g/mol. The van der Waals surface area contributed by atoms with E-state index in [-0.39, 0.29) is 0 Å². The fraction of sp³-hybridized carbons (Fsp3) is 0.533. The molecule has 0 saturated heterocycles. The fourth-order valence-corrected chi connectivity index (χ4v) is 1.63. The van der Waals surface area contributed by atoms with Gasteiger partial charge in [0.2, 0.25) is 0 Å². The van der Waals surface area contributed by atoms with Gasteiger partial charge in [-0.1, -0.05) is 12.1 Å². The van der Waals surface area contributed by atoms with Crippen molar-refractivity contribution in [3.63, 3.8) is 0 Å². The zero-order valence-corrected chi connectivity index (χ0v) is 11.8. The Bertz CT molecular complexity index is 395. The lowest BCUT2D eigenvalue weighted by Crippen LogP contribution is -2.23. The second-order valence-electron chi connectivity index (χ2n) is 5.19. The third kappa shape index (κ3) is 5.30. The van der Waals surface area contributed by atoms with E-state index in [1.807, 2.05) is 24.3 Å². The molecule has 0 unspecified atom stereocenters. The van der Waals surface area contributed by atoms with E-state index in [1.165, 1.54) is 0 Å². The van der Waals surface area contributed by atoms with Gasteiger partial charge in [0.05, 0.1) is 19.1 Å². The first-order valence-corrected chi connectivity index (χ1v) is 6.40. The highest BCUT2D eigenvalue weighted by atomic mass is 16.5. The summed E-state index contributed by atoms with van der Waals surface area (Å²) in [7, 11) is 1.63. The van der Waals surface area contributed by atoms with Gasteiger partial charge in [0.25, 0.3) is 0 Å². The van der Waals surface area contributed by atoms with Gasteiger partial charge >= 0.3 is 5.97 Å². The molecule has 4 heteroatoms. The van der Waals surface area contributed by atoms with E-state index >= 15 is 0 Å². The maximum absolute atomic E-state index is 10.9. The summed E-state index contributed by atoms with van der Waals surface area (Å²) in [5.74, 6) is 0.0645. The highest BCUT2D eigenvalue weighted by Gasteiger charge is 2.25. The largest absolute Gasteiger partial charge is 0.497 e. The molecule has 106 valence electrons. The molecular weight excluding hydrogens is 244 g/mol. The first-order valence-electron chi connectivity index (χ1n) is 6.40. The molecule has 0 aliphatic carbocycles.